The maximum atomic E-state index is 9.78. The van der Waals surface area contributed by atoms with Gasteiger partial charge in [-0.2, -0.15) is 0 Å². The van der Waals surface area contributed by atoms with Gasteiger partial charge in [0.2, 0.25) is 0 Å². The van der Waals surface area contributed by atoms with Crippen LogP contribution in [0.4, 0.5) is 0 Å². The molecule has 1 aliphatic heterocycles. The monoisotopic (exact) mass is 212 g/mol. The Balaban J connectivity index is 1.72. The second kappa shape index (κ2) is 5.28. The number of likely N-dealkylation sites (N-methyl/N-ethyl adjacent to an activating group) is 1. The molecule has 2 rings (SSSR count). The number of piperazine rings is 1. The van der Waals surface area contributed by atoms with Gasteiger partial charge in [-0.05, 0) is 25.3 Å². The Morgan fingerprint density at radius 3 is 2.27 bits per heavy atom. The van der Waals surface area contributed by atoms with Crippen LogP contribution in [0, 0.1) is 5.92 Å². The summed E-state index contributed by atoms with van der Waals surface area (Å²) >= 11 is 0. The number of nitrogens with zero attached hydrogens (tertiary/aromatic N) is 2. The van der Waals surface area contributed by atoms with Crippen molar-refractivity contribution in [2.24, 2.45) is 5.92 Å². The lowest BCUT2D eigenvalue weighted by molar-refractivity contribution is 0.0754. The molecule has 2 fully saturated rings. The van der Waals surface area contributed by atoms with Crippen molar-refractivity contribution in [1.29, 1.82) is 0 Å². The van der Waals surface area contributed by atoms with Crippen LogP contribution in [0.5, 0.6) is 0 Å². The van der Waals surface area contributed by atoms with Gasteiger partial charge in [0.25, 0.3) is 0 Å². The molecule has 2 unspecified atom stereocenters. The van der Waals surface area contributed by atoms with Gasteiger partial charge < -0.3 is 14.9 Å². The van der Waals surface area contributed by atoms with Crippen LogP contribution < -0.4 is 0 Å². The topological polar surface area (TPSA) is 26.7 Å². The minimum atomic E-state index is -0.0193. The molecule has 88 valence electrons. The molecule has 3 heteroatoms. The standard InChI is InChI=1S/C12H24N2O/c1-2-13-6-8-14(9-7-13)10-11-4-3-5-12(11)15/h11-12,15H,2-10H2,1H3. The number of aliphatic hydroxyl groups is 1. The van der Waals surface area contributed by atoms with E-state index in [0.29, 0.717) is 5.92 Å². The van der Waals surface area contributed by atoms with Crippen molar-refractivity contribution >= 4 is 0 Å². The van der Waals surface area contributed by atoms with Crippen LogP contribution >= 0.6 is 0 Å². The molecule has 0 aromatic heterocycles. The zero-order valence-corrected chi connectivity index (χ0v) is 9.86. The minimum absolute atomic E-state index is 0.0193. The molecule has 1 heterocycles. The predicted octanol–water partition coefficient (Wildman–Crippen LogP) is 0.785. The molecule has 2 aliphatic rings. The highest BCUT2D eigenvalue weighted by atomic mass is 16.3. The second-order valence-electron chi connectivity index (χ2n) is 4.99. The summed E-state index contributed by atoms with van der Waals surface area (Å²) in [5.74, 6) is 0.554. The molecule has 1 saturated heterocycles. The highest BCUT2D eigenvalue weighted by Gasteiger charge is 2.28. The first kappa shape index (κ1) is 11.4. The third-order valence-electron chi connectivity index (χ3n) is 4.02. The van der Waals surface area contributed by atoms with Crippen LogP contribution in [-0.2, 0) is 0 Å². The highest BCUT2D eigenvalue weighted by molar-refractivity contribution is 4.81. The summed E-state index contributed by atoms with van der Waals surface area (Å²) in [5.41, 5.74) is 0. The fourth-order valence-electron chi connectivity index (χ4n) is 2.85. The number of aliphatic hydroxyl groups excluding tert-OH is 1. The summed E-state index contributed by atoms with van der Waals surface area (Å²) in [5, 5.41) is 9.78. The first-order valence-corrected chi connectivity index (χ1v) is 6.42. The van der Waals surface area contributed by atoms with Crippen molar-refractivity contribution in [3.8, 4) is 0 Å². The van der Waals surface area contributed by atoms with Crippen molar-refractivity contribution in [3.63, 3.8) is 0 Å². The van der Waals surface area contributed by atoms with E-state index < -0.39 is 0 Å². The Morgan fingerprint density at radius 1 is 1.07 bits per heavy atom. The largest absolute Gasteiger partial charge is 0.393 e. The second-order valence-corrected chi connectivity index (χ2v) is 4.99. The third-order valence-corrected chi connectivity index (χ3v) is 4.02. The first-order valence-electron chi connectivity index (χ1n) is 6.42. The van der Waals surface area contributed by atoms with Crippen LogP contribution in [0.2, 0.25) is 0 Å². The highest BCUT2D eigenvalue weighted by Crippen LogP contribution is 2.26. The molecular weight excluding hydrogens is 188 g/mol. The fourth-order valence-corrected chi connectivity index (χ4v) is 2.85. The zero-order valence-electron chi connectivity index (χ0n) is 9.86. The van der Waals surface area contributed by atoms with E-state index >= 15 is 0 Å². The zero-order chi connectivity index (χ0) is 10.7. The Labute approximate surface area is 93.1 Å². The van der Waals surface area contributed by atoms with Crippen molar-refractivity contribution in [3.05, 3.63) is 0 Å². The number of rotatable bonds is 3. The molecular formula is C12H24N2O. The van der Waals surface area contributed by atoms with Gasteiger partial charge in [-0.3, -0.25) is 0 Å². The lowest BCUT2D eigenvalue weighted by atomic mass is 10.1. The molecule has 0 amide bonds. The van der Waals surface area contributed by atoms with Crippen molar-refractivity contribution in [2.45, 2.75) is 32.3 Å². The number of hydrogen-bond acceptors (Lipinski definition) is 3. The molecule has 1 N–H and O–H groups in total. The van der Waals surface area contributed by atoms with Crippen LogP contribution in [0.1, 0.15) is 26.2 Å². The third kappa shape index (κ3) is 2.92. The quantitative estimate of drug-likeness (QED) is 0.749. The molecule has 15 heavy (non-hydrogen) atoms. The van der Waals surface area contributed by atoms with E-state index in [1.807, 2.05) is 0 Å². The SMILES string of the molecule is CCN1CCN(CC2CCCC2O)CC1. The summed E-state index contributed by atoms with van der Waals surface area (Å²) in [6.45, 7) is 9.34. The Bertz CT molecular complexity index is 190. The Morgan fingerprint density at radius 2 is 1.73 bits per heavy atom. The van der Waals surface area contributed by atoms with Crippen molar-refractivity contribution in [1.82, 2.24) is 9.80 Å². The van der Waals surface area contributed by atoms with E-state index in [1.165, 1.54) is 45.6 Å². The summed E-state index contributed by atoms with van der Waals surface area (Å²) in [4.78, 5) is 5.03. The van der Waals surface area contributed by atoms with E-state index in [0.717, 1.165) is 13.0 Å². The summed E-state index contributed by atoms with van der Waals surface area (Å²) in [6.07, 6.45) is 3.46. The van der Waals surface area contributed by atoms with Gasteiger partial charge in [0.05, 0.1) is 6.10 Å². The van der Waals surface area contributed by atoms with Gasteiger partial charge >= 0.3 is 0 Å². The average Bonchev–Trinajstić information content (AvgIpc) is 2.66. The molecule has 0 spiro atoms. The Hall–Kier alpha value is -0.120. The average molecular weight is 212 g/mol. The molecule has 0 aromatic rings. The lowest BCUT2D eigenvalue weighted by Gasteiger charge is -2.35. The molecule has 0 radical (unpaired) electrons. The van der Waals surface area contributed by atoms with Gasteiger partial charge in [-0.1, -0.05) is 13.3 Å². The van der Waals surface area contributed by atoms with Crippen LogP contribution in [0.3, 0.4) is 0 Å². The molecule has 0 aromatic carbocycles. The van der Waals surface area contributed by atoms with Crippen LogP contribution in [0.25, 0.3) is 0 Å². The van der Waals surface area contributed by atoms with E-state index in [9.17, 15) is 5.11 Å². The van der Waals surface area contributed by atoms with Gasteiger partial charge in [0.15, 0.2) is 0 Å². The van der Waals surface area contributed by atoms with Gasteiger partial charge in [-0.15, -0.1) is 0 Å². The van der Waals surface area contributed by atoms with E-state index in [4.69, 9.17) is 0 Å². The first-order chi connectivity index (χ1) is 7.29. The lowest BCUT2D eigenvalue weighted by Crippen LogP contribution is -2.48. The molecule has 1 saturated carbocycles. The predicted molar refractivity (Wildman–Crippen MR) is 61.9 cm³/mol. The molecule has 0 bridgehead atoms. The molecule has 2 atom stereocenters. The van der Waals surface area contributed by atoms with Crippen molar-refractivity contribution in [2.75, 3.05) is 39.3 Å². The maximum Gasteiger partial charge on any atom is 0.0580 e. The maximum absolute atomic E-state index is 9.78. The number of hydrogen-bond donors (Lipinski definition) is 1. The fraction of sp³-hybridized carbons (Fsp3) is 1.00. The molecule has 3 nitrogen and oxygen atoms in total. The smallest absolute Gasteiger partial charge is 0.0580 e. The van der Waals surface area contributed by atoms with E-state index in [2.05, 4.69) is 16.7 Å². The minimum Gasteiger partial charge on any atom is -0.393 e. The van der Waals surface area contributed by atoms with Crippen LogP contribution in [-0.4, -0.2) is 60.3 Å². The van der Waals surface area contributed by atoms with Crippen LogP contribution in [0.15, 0.2) is 0 Å². The van der Waals surface area contributed by atoms with E-state index in [-0.39, 0.29) is 6.10 Å². The normalized spacial score (nSPS) is 34.8. The summed E-state index contributed by atoms with van der Waals surface area (Å²) in [7, 11) is 0. The van der Waals surface area contributed by atoms with Gasteiger partial charge in [0.1, 0.15) is 0 Å². The van der Waals surface area contributed by atoms with Gasteiger partial charge in [0, 0.05) is 32.7 Å². The Kier molecular flexibility index (Phi) is 4.00. The van der Waals surface area contributed by atoms with Crippen molar-refractivity contribution < 1.29 is 5.11 Å². The summed E-state index contributed by atoms with van der Waals surface area (Å²) < 4.78 is 0. The summed E-state index contributed by atoms with van der Waals surface area (Å²) in [6, 6.07) is 0. The van der Waals surface area contributed by atoms with Gasteiger partial charge in [-0.25, -0.2) is 0 Å². The molecule has 1 aliphatic carbocycles. The van der Waals surface area contributed by atoms with E-state index in [1.54, 1.807) is 0 Å².